The fraction of sp³-hybridized carbons (Fsp3) is 0.296. The van der Waals surface area contributed by atoms with Crippen molar-refractivity contribution < 1.29 is 14.3 Å². The van der Waals surface area contributed by atoms with Crippen molar-refractivity contribution in [2.24, 2.45) is 0 Å². The lowest BCUT2D eigenvalue weighted by atomic mass is 10.1. The molecule has 0 bridgehead atoms. The van der Waals surface area contributed by atoms with Crippen LogP contribution in [0.5, 0.6) is 11.5 Å². The molecule has 0 spiro atoms. The molecule has 0 fully saturated rings. The Hall–Kier alpha value is -3.98. The van der Waals surface area contributed by atoms with Crippen LogP contribution in [0.25, 0.3) is 0 Å². The summed E-state index contributed by atoms with van der Waals surface area (Å²) in [4.78, 5) is 25.3. The van der Waals surface area contributed by atoms with Crippen LogP contribution in [0.2, 0.25) is 5.02 Å². The number of ether oxygens (including phenoxy) is 2. The van der Waals surface area contributed by atoms with Crippen molar-refractivity contribution in [1.29, 1.82) is 0 Å². The number of carbonyl (C=O) groups excluding carboxylic acids is 1. The number of rotatable bonds is 8. The van der Waals surface area contributed by atoms with Crippen LogP contribution in [0, 0.1) is 0 Å². The number of benzene rings is 2. The van der Waals surface area contributed by atoms with Crippen LogP contribution in [-0.4, -0.2) is 54.6 Å². The van der Waals surface area contributed by atoms with E-state index in [2.05, 4.69) is 69.6 Å². The molecule has 2 aromatic carbocycles. The Labute approximate surface area is 222 Å². The fourth-order valence-corrected chi connectivity index (χ4v) is 4.21. The summed E-state index contributed by atoms with van der Waals surface area (Å²) in [6.07, 6.45) is 5.33. The highest BCUT2D eigenvalue weighted by Crippen LogP contribution is 2.31. The van der Waals surface area contributed by atoms with Crippen molar-refractivity contribution in [1.82, 2.24) is 20.2 Å². The average molecular weight is 523 g/mol. The third-order valence-electron chi connectivity index (χ3n) is 6.32. The van der Waals surface area contributed by atoms with Gasteiger partial charge in [0, 0.05) is 61.1 Å². The van der Waals surface area contributed by atoms with E-state index in [-0.39, 0.29) is 12.5 Å². The number of aromatic nitrogens is 2. The second kappa shape index (κ2) is 11.4. The van der Waals surface area contributed by atoms with E-state index in [1.165, 1.54) is 12.8 Å². The van der Waals surface area contributed by atoms with Gasteiger partial charge in [-0.15, -0.1) is 0 Å². The Kier molecular flexibility index (Phi) is 8.03. The van der Waals surface area contributed by atoms with Gasteiger partial charge in [0.2, 0.25) is 5.95 Å². The molecule has 0 aliphatic carbocycles. The molecule has 37 heavy (non-hydrogen) atoms. The van der Waals surface area contributed by atoms with E-state index in [9.17, 15) is 4.79 Å². The van der Waals surface area contributed by atoms with Gasteiger partial charge in [-0.05, 0) is 50.2 Å². The molecule has 0 unspecified atom stereocenters. The number of anilines is 3. The number of hydrogen-bond donors (Lipinski definition) is 2. The minimum absolute atomic E-state index is 0.121. The molecule has 10 heteroatoms. The molecule has 194 valence electrons. The summed E-state index contributed by atoms with van der Waals surface area (Å²) in [7, 11) is 5.18. The van der Waals surface area contributed by atoms with E-state index in [4.69, 9.17) is 21.1 Å². The van der Waals surface area contributed by atoms with Crippen molar-refractivity contribution in [3.8, 4) is 11.5 Å². The van der Waals surface area contributed by atoms with E-state index in [1.54, 1.807) is 31.6 Å². The Balaban J connectivity index is 1.38. The maximum absolute atomic E-state index is 12.1. The van der Waals surface area contributed by atoms with Crippen molar-refractivity contribution in [2.75, 3.05) is 38.0 Å². The van der Waals surface area contributed by atoms with Crippen LogP contribution in [0.4, 0.5) is 17.3 Å². The minimum atomic E-state index is -0.243. The molecular weight excluding hydrogens is 492 g/mol. The summed E-state index contributed by atoms with van der Waals surface area (Å²) >= 11 is 6.41. The summed E-state index contributed by atoms with van der Waals surface area (Å²) < 4.78 is 11.1. The molecule has 3 aromatic rings. The minimum Gasteiger partial charge on any atom is -0.495 e. The van der Waals surface area contributed by atoms with Gasteiger partial charge in [0.15, 0.2) is 5.75 Å². The number of amides is 1. The highest BCUT2D eigenvalue weighted by molar-refractivity contribution is 6.33. The quantitative estimate of drug-likeness (QED) is 0.435. The summed E-state index contributed by atoms with van der Waals surface area (Å²) in [5, 5.41) is 6.18. The van der Waals surface area contributed by atoms with Crippen LogP contribution < -0.4 is 25.0 Å². The highest BCUT2D eigenvalue weighted by Gasteiger charge is 2.20. The van der Waals surface area contributed by atoms with E-state index in [0.29, 0.717) is 39.6 Å². The second-order valence-electron chi connectivity index (χ2n) is 8.82. The van der Waals surface area contributed by atoms with E-state index >= 15 is 0 Å². The predicted octanol–water partition coefficient (Wildman–Crippen LogP) is 4.82. The molecule has 1 atom stereocenters. The summed E-state index contributed by atoms with van der Waals surface area (Å²) in [5.41, 5.74) is 4.28. The molecule has 0 saturated carbocycles. The van der Waals surface area contributed by atoms with Gasteiger partial charge < -0.3 is 29.9 Å². The fourth-order valence-electron chi connectivity index (χ4n) is 3.97. The zero-order valence-electron chi connectivity index (χ0n) is 21.6. The SMILES string of the molecule is CNC(=O)c1cc(COc2cnc(Nc3ccc(N4C=C(C)N(C)[C@@H](C)C4)cc3)nc2)c(Cl)c(OC)c1. The third kappa shape index (κ3) is 6.06. The molecule has 2 N–H and O–H groups in total. The second-order valence-corrected chi connectivity index (χ2v) is 9.19. The molecule has 4 rings (SSSR count). The third-order valence-corrected chi connectivity index (χ3v) is 6.75. The van der Waals surface area contributed by atoms with Gasteiger partial charge in [-0.3, -0.25) is 4.79 Å². The van der Waals surface area contributed by atoms with E-state index in [1.807, 2.05) is 12.1 Å². The van der Waals surface area contributed by atoms with Crippen LogP contribution in [0.1, 0.15) is 29.8 Å². The number of carbonyl (C=O) groups is 1. The number of allylic oxidation sites excluding steroid dienone is 1. The Morgan fingerprint density at radius 1 is 1.19 bits per heavy atom. The summed E-state index contributed by atoms with van der Waals surface area (Å²) in [6, 6.07) is 11.9. The van der Waals surface area contributed by atoms with Gasteiger partial charge >= 0.3 is 0 Å². The number of halogens is 1. The van der Waals surface area contributed by atoms with Gasteiger partial charge in [-0.2, -0.15) is 0 Å². The molecule has 2 heterocycles. The van der Waals surface area contributed by atoms with Crippen molar-refractivity contribution in [2.45, 2.75) is 26.5 Å². The van der Waals surface area contributed by atoms with E-state index in [0.717, 1.165) is 17.9 Å². The molecule has 1 aliphatic heterocycles. The zero-order valence-corrected chi connectivity index (χ0v) is 22.3. The van der Waals surface area contributed by atoms with Crippen molar-refractivity contribution in [3.63, 3.8) is 0 Å². The molecule has 1 aromatic heterocycles. The standard InChI is InChI=1S/C27H31ClN6O3/c1-17-14-34(15-18(2)33(17)4)22-8-6-21(7-9-22)32-27-30-12-23(13-31-27)37-16-20-10-19(26(35)29-3)11-24(36-5)25(20)28/h6-14,18H,15-16H2,1-5H3,(H,29,35)(H,30,31,32)/t18-/m0/s1. The lowest BCUT2D eigenvalue weighted by molar-refractivity contribution is 0.0962. The van der Waals surface area contributed by atoms with Gasteiger partial charge in [0.05, 0.1) is 24.5 Å². The van der Waals surface area contributed by atoms with Crippen molar-refractivity contribution >= 4 is 34.8 Å². The first kappa shape index (κ1) is 26.1. The average Bonchev–Trinajstić information content (AvgIpc) is 2.91. The zero-order chi connectivity index (χ0) is 26.5. The van der Waals surface area contributed by atoms with Crippen LogP contribution in [0.3, 0.4) is 0 Å². The molecular formula is C27H31ClN6O3. The molecule has 1 amide bonds. The maximum atomic E-state index is 12.1. The smallest absolute Gasteiger partial charge is 0.251 e. The molecule has 0 radical (unpaired) electrons. The van der Waals surface area contributed by atoms with Gasteiger partial charge in [0.1, 0.15) is 12.4 Å². The Morgan fingerprint density at radius 2 is 1.89 bits per heavy atom. The number of likely N-dealkylation sites (N-methyl/N-ethyl adjacent to an activating group) is 1. The topological polar surface area (TPSA) is 91.8 Å². The molecule has 1 aliphatic rings. The maximum Gasteiger partial charge on any atom is 0.251 e. The first-order chi connectivity index (χ1) is 17.8. The number of nitrogens with one attached hydrogen (secondary N) is 2. The van der Waals surface area contributed by atoms with E-state index < -0.39 is 0 Å². The van der Waals surface area contributed by atoms with Gasteiger partial charge in [-0.1, -0.05) is 11.6 Å². The first-order valence-electron chi connectivity index (χ1n) is 11.9. The predicted molar refractivity (Wildman–Crippen MR) is 146 cm³/mol. The van der Waals surface area contributed by atoms with Crippen LogP contribution in [0.15, 0.2) is 60.7 Å². The Morgan fingerprint density at radius 3 is 2.51 bits per heavy atom. The van der Waals surface area contributed by atoms with Crippen molar-refractivity contribution in [3.05, 3.63) is 76.8 Å². The number of hydrogen-bond acceptors (Lipinski definition) is 8. The number of nitrogens with zero attached hydrogens (tertiary/aromatic N) is 4. The summed E-state index contributed by atoms with van der Waals surface area (Å²) in [5.74, 6) is 1.07. The molecule has 9 nitrogen and oxygen atoms in total. The normalized spacial score (nSPS) is 15.2. The summed E-state index contributed by atoms with van der Waals surface area (Å²) in [6.45, 7) is 5.39. The van der Waals surface area contributed by atoms with Crippen LogP contribution >= 0.6 is 11.6 Å². The van der Waals surface area contributed by atoms with Gasteiger partial charge in [0.25, 0.3) is 5.91 Å². The largest absolute Gasteiger partial charge is 0.495 e. The highest BCUT2D eigenvalue weighted by atomic mass is 35.5. The first-order valence-corrected chi connectivity index (χ1v) is 12.2. The lowest BCUT2D eigenvalue weighted by Gasteiger charge is -2.38. The lowest BCUT2D eigenvalue weighted by Crippen LogP contribution is -2.42. The number of methoxy groups -OCH3 is 1. The van der Waals surface area contributed by atoms with Crippen LogP contribution in [-0.2, 0) is 6.61 Å². The van der Waals surface area contributed by atoms with Gasteiger partial charge in [-0.25, -0.2) is 9.97 Å². The Bertz CT molecular complexity index is 1280. The monoisotopic (exact) mass is 522 g/mol. The molecule has 0 saturated heterocycles.